The molecule has 0 fully saturated rings. The molecule has 0 bridgehead atoms. The lowest BCUT2D eigenvalue weighted by Gasteiger charge is -2.12. The lowest BCUT2D eigenvalue weighted by Crippen LogP contribution is -2.28. The summed E-state index contributed by atoms with van der Waals surface area (Å²) in [6.07, 6.45) is 0.741. The Hall–Kier alpha value is -3.60. The molecular formula is C25H26N2O3. The number of anilines is 1. The van der Waals surface area contributed by atoms with Crippen LogP contribution in [0.5, 0.6) is 5.75 Å². The van der Waals surface area contributed by atoms with Crippen LogP contribution in [0.1, 0.15) is 27.0 Å². The normalized spacial score (nSPS) is 10.3. The van der Waals surface area contributed by atoms with Gasteiger partial charge in [0.1, 0.15) is 5.75 Å². The van der Waals surface area contributed by atoms with Crippen molar-refractivity contribution in [2.75, 3.05) is 18.5 Å². The van der Waals surface area contributed by atoms with Gasteiger partial charge in [-0.2, -0.15) is 0 Å². The van der Waals surface area contributed by atoms with Crippen LogP contribution in [-0.4, -0.2) is 25.0 Å². The van der Waals surface area contributed by atoms with E-state index >= 15 is 0 Å². The minimum absolute atomic E-state index is 0.132. The number of ether oxygens (including phenoxy) is 1. The Bertz CT molecular complexity index is 1020. The summed E-state index contributed by atoms with van der Waals surface area (Å²) >= 11 is 0. The molecule has 0 aliphatic rings. The van der Waals surface area contributed by atoms with Gasteiger partial charge in [-0.3, -0.25) is 9.59 Å². The van der Waals surface area contributed by atoms with Gasteiger partial charge in [-0.25, -0.2) is 0 Å². The van der Waals surface area contributed by atoms with Crippen molar-refractivity contribution < 1.29 is 14.3 Å². The Morgan fingerprint density at radius 3 is 2.37 bits per heavy atom. The van der Waals surface area contributed by atoms with Gasteiger partial charge < -0.3 is 15.4 Å². The summed E-state index contributed by atoms with van der Waals surface area (Å²) in [5.41, 5.74) is 4.31. The zero-order valence-corrected chi connectivity index (χ0v) is 17.3. The smallest absolute Gasteiger partial charge is 0.262 e. The molecule has 5 heteroatoms. The number of nitrogens with one attached hydrogen (secondary N) is 2. The van der Waals surface area contributed by atoms with E-state index in [0.29, 0.717) is 23.5 Å². The molecule has 0 aliphatic heterocycles. The van der Waals surface area contributed by atoms with Crippen molar-refractivity contribution in [2.24, 2.45) is 0 Å². The number of benzene rings is 3. The van der Waals surface area contributed by atoms with Crippen LogP contribution in [0, 0.1) is 13.8 Å². The van der Waals surface area contributed by atoms with Gasteiger partial charge in [-0.05, 0) is 61.2 Å². The van der Waals surface area contributed by atoms with Gasteiger partial charge in [0.05, 0.1) is 11.3 Å². The van der Waals surface area contributed by atoms with Crippen molar-refractivity contribution in [2.45, 2.75) is 20.3 Å². The lowest BCUT2D eigenvalue weighted by atomic mass is 10.1. The zero-order valence-electron chi connectivity index (χ0n) is 17.3. The molecule has 2 N–H and O–H groups in total. The third-order valence-corrected chi connectivity index (χ3v) is 4.84. The van der Waals surface area contributed by atoms with Crippen molar-refractivity contribution in [1.29, 1.82) is 0 Å². The molecular weight excluding hydrogens is 376 g/mol. The van der Waals surface area contributed by atoms with E-state index in [1.807, 2.05) is 62.4 Å². The van der Waals surface area contributed by atoms with Crippen LogP contribution in [0.2, 0.25) is 0 Å². The van der Waals surface area contributed by atoms with Crippen molar-refractivity contribution >= 4 is 17.5 Å². The third-order valence-electron chi connectivity index (χ3n) is 4.84. The molecule has 2 amide bonds. The molecule has 154 valence electrons. The van der Waals surface area contributed by atoms with E-state index in [0.717, 1.165) is 17.5 Å². The highest BCUT2D eigenvalue weighted by molar-refractivity contribution is 6.04. The summed E-state index contributed by atoms with van der Waals surface area (Å²) in [6.45, 7) is 4.40. The summed E-state index contributed by atoms with van der Waals surface area (Å²) in [7, 11) is 0. The predicted octanol–water partition coefficient (Wildman–Crippen LogP) is 4.29. The standard InChI is InChI=1S/C25H26N2O3/c1-18-12-13-21(16-19(18)2)30-17-24(28)27-23-11-7-6-10-22(23)25(29)26-15-14-20-8-4-3-5-9-20/h3-13,16H,14-15,17H2,1-2H3,(H,26,29)(H,27,28). The zero-order chi connectivity index (χ0) is 21.3. The number of hydrogen-bond donors (Lipinski definition) is 2. The third kappa shape index (κ3) is 5.95. The number of para-hydroxylation sites is 1. The van der Waals surface area contributed by atoms with E-state index in [4.69, 9.17) is 4.74 Å². The Labute approximate surface area is 177 Å². The minimum Gasteiger partial charge on any atom is -0.484 e. The van der Waals surface area contributed by atoms with Crippen LogP contribution in [0.25, 0.3) is 0 Å². The molecule has 0 heterocycles. The summed E-state index contributed by atoms with van der Waals surface area (Å²) in [5, 5.41) is 5.68. The van der Waals surface area contributed by atoms with Gasteiger partial charge in [0, 0.05) is 6.54 Å². The minimum atomic E-state index is -0.322. The van der Waals surface area contributed by atoms with Crippen molar-refractivity contribution in [1.82, 2.24) is 5.32 Å². The summed E-state index contributed by atoms with van der Waals surface area (Å²) < 4.78 is 5.58. The second kappa shape index (κ2) is 10.3. The fourth-order valence-electron chi connectivity index (χ4n) is 2.99. The first-order chi connectivity index (χ1) is 14.5. The van der Waals surface area contributed by atoms with Gasteiger partial charge in [0.2, 0.25) is 0 Å². The number of carbonyl (C=O) groups excluding carboxylic acids is 2. The largest absolute Gasteiger partial charge is 0.484 e. The topological polar surface area (TPSA) is 67.4 Å². The first kappa shape index (κ1) is 21.1. The molecule has 0 unspecified atom stereocenters. The van der Waals surface area contributed by atoms with Crippen LogP contribution in [-0.2, 0) is 11.2 Å². The maximum Gasteiger partial charge on any atom is 0.262 e. The Morgan fingerprint density at radius 2 is 1.60 bits per heavy atom. The molecule has 3 aromatic rings. The highest BCUT2D eigenvalue weighted by Crippen LogP contribution is 2.17. The average molecular weight is 402 g/mol. The molecule has 0 saturated carbocycles. The summed E-state index contributed by atoms with van der Waals surface area (Å²) in [5.74, 6) is 0.0925. The second-order valence-corrected chi connectivity index (χ2v) is 7.12. The van der Waals surface area contributed by atoms with Gasteiger partial charge in [0.15, 0.2) is 6.61 Å². The number of hydrogen-bond acceptors (Lipinski definition) is 3. The van der Waals surface area contributed by atoms with Crippen LogP contribution in [0.15, 0.2) is 72.8 Å². The van der Waals surface area contributed by atoms with Crippen LogP contribution in [0.4, 0.5) is 5.69 Å². The van der Waals surface area contributed by atoms with Crippen molar-refractivity contribution in [3.05, 3.63) is 95.1 Å². The van der Waals surface area contributed by atoms with Crippen LogP contribution in [0.3, 0.4) is 0 Å². The number of amides is 2. The Balaban J connectivity index is 1.55. The maximum absolute atomic E-state index is 12.6. The fraction of sp³-hybridized carbons (Fsp3) is 0.200. The number of rotatable bonds is 8. The lowest BCUT2D eigenvalue weighted by molar-refractivity contribution is -0.118. The van der Waals surface area contributed by atoms with Crippen LogP contribution >= 0.6 is 0 Å². The van der Waals surface area contributed by atoms with E-state index in [-0.39, 0.29) is 18.4 Å². The number of carbonyl (C=O) groups is 2. The van der Waals surface area contributed by atoms with Gasteiger partial charge in [0.25, 0.3) is 11.8 Å². The number of aryl methyl sites for hydroxylation is 2. The maximum atomic E-state index is 12.6. The molecule has 30 heavy (non-hydrogen) atoms. The average Bonchev–Trinajstić information content (AvgIpc) is 2.75. The highest BCUT2D eigenvalue weighted by atomic mass is 16.5. The Kier molecular flexibility index (Phi) is 7.22. The first-order valence-corrected chi connectivity index (χ1v) is 9.94. The van der Waals surface area contributed by atoms with E-state index in [1.165, 1.54) is 5.56 Å². The van der Waals surface area contributed by atoms with E-state index in [1.54, 1.807) is 24.3 Å². The highest BCUT2D eigenvalue weighted by Gasteiger charge is 2.13. The molecule has 0 radical (unpaired) electrons. The van der Waals surface area contributed by atoms with Crippen LogP contribution < -0.4 is 15.4 Å². The molecule has 0 aromatic heterocycles. The molecule has 0 atom stereocenters. The molecule has 3 aromatic carbocycles. The second-order valence-electron chi connectivity index (χ2n) is 7.12. The fourth-order valence-corrected chi connectivity index (χ4v) is 2.99. The van der Waals surface area contributed by atoms with Gasteiger partial charge in [-0.1, -0.05) is 48.5 Å². The summed E-state index contributed by atoms with van der Waals surface area (Å²) in [4.78, 5) is 24.9. The van der Waals surface area contributed by atoms with Gasteiger partial charge in [-0.15, -0.1) is 0 Å². The van der Waals surface area contributed by atoms with Crippen molar-refractivity contribution in [3.8, 4) is 5.75 Å². The van der Waals surface area contributed by atoms with Gasteiger partial charge >= 0.3 is 0 Å². The van der Waals surface area contributed by atoms with Crippen molar-refractivity contribution in [3.63, 3.8) is 0 Å². The predicted molar refractivity (Wildman–Crippen MR) is 119 cm³/mol. The Morgan fingerprint density at radius 1 is 0.867 bits per heavy atom. The molecule has 0 spiro atoms. The van der Waals surface area contributed by atoms with E-state index in [2.05, 4.69) is 10.6 Å². The van der Waals surface area contributed by atoms with E-state index < -0.39 is 0 Å². The quantitative estimate of drug-likeness (QED) is 0.591. The van der Waals surface area contributed by atoms with E-state index in [9.17, 15) is 9.59 Å². The monoisotopic (exact) mass is 402 g/mol. The summed E-state index contributed by atoms with van der Waals surface area (Å²) in [6, 6.07) is 22.6. The molecule has 0 aliphatic carbocycles. The first-order valence-electron chi connectivity index (χ1n) is 9.94. The SMILES string of the molecule is Cc1ccc(OCC(=O)Nc2ccccc2C(=O)NCCc2ccccc2)cc1C. The molecule has 5 nitrogen and oxygen atoms in total. The molecule has 0 saturated heterocycles. The molecule has 3 rings (SSSR count).